The van der Waals surface area contributed by atoms with Gasteiger partial charge in [-0.15, -0.1) is 0 Å². The molecule has 9 heteroatoms. The van der Waals surface area contributed by atoms with Gasteiger partial charge in [0.25, 0.3) is 11.3 Å². The first-order chi connectivity index (χ1) is 13.8. The van der Waals surface area contributed by atoms with Crippen molar-refractivity contribution in [3.63, 3.8) is 0 Å². The summed E-state index contributed by atoms with van der Waals surface area (Å²) in [6, 6.07) is 13.8. The van der Waals surface area contributed by atoms with Crippen LogP contribution in [0.1, 0.15) is 16.8 Å². The van der Waals surface area contributed by atoms with Gasteiger partial charge in [0.15, 0.2) is 5.82 Å². The van der Waals surface area contributed by atoms with E-state index in [2.05, 4.69) is 20.4 Å². The van der Waals surface area contributed by atoms with E-state index in [0.717, 1.165) is 23.3 Å². The lowest BCUT2D eigenvalue weighted by Gasteiger charge is -2.10. The largest absolute Gasteiger partial charge is 0.416 e. The molecule has 2 aromatic heterocycles. The van der Waals surface area contributed by atoms with E-state index in [1.807, 2.05) is 31.2 Å². The van der Waals surface area contributed by atoms with Crippen molar-refractivity contribution in [2.75, 3.05) is 5.32 Å². The summed E-state index contributed by atoms with van der Waals surface area (Å²) >= 11 is 0. The Morgan fingerprint density at radius 1 is 1.07 bits per heavy atom. The molecule has 148 valence electrons. The SMILES string of the molecule is Cc1ccccc1-c1nc2nc(CNc3cccc(C(F)(F)F)c3)cc(=O)n2[nH]1. The number of fused-ring (bicyclic) bond motifs is 1. The van der Waals surface area contributed by atoms with Gasteiger partial charge in [-0.05, 0) is 30.7 Å². The number of anilines is 1. The van der Waals surface area contributed by atoms with E-state index in [9.17, 15) is 18.0 Å². The minimum atomic E-state index is -4.42. The van der Waals surface area contributed by atoms with Crippen LogP contribution in [0.15, 0.2) is 59.4 Å². The van der Waals surface area contributed by atoms with E-state index >= 15 is 0 Å². The summed E-state index contributed by atoms with van der Waals surface area (Å²) < 4.78 is 39.7. The highest BCUT2D eigenvalue weighted by atomic mass is 19.4. The highest BCUT2D eigenvalue weighted by Crippen LogP contribution is 2.30. The van der Waals surface area contributed by atoms with Crippen molar-refractivity contribution >= 4 is 11.5 Å². The van der Waals surface area contributed by atoms with Crippen LogP contribution in [0, 0.1) is 6.92 Å². The van der Waals surface area contributed by atoms with Crippen molar-refractivity contribution in [3.05, 3.63) is 81.8 Å². The predicted molar refractivity (Wildman–Crippen MR) is 103 cm³/mol. The zero-order valence-corrected chi connectivity index (χ0v) is 15.3. The van der Waals surface area contributed by atoms with Gasteiger partial charge >= 0.3 is 6.18 Å². The second kappa shape index (κ2) is 7.08. The Labute approximate surface area is 163 Å². The molecule has 29 heavy (non-hydrogen) atoms. The summed E-state index contributed by atoms with van der Waals surface area (Å²) in [6.45, 7) is 2.02. The maximum Gasteiger partial charge on any atom is 0.416 e. The van der Waals surface area contributed by atoms with Crippen molar-refractivity contribution in [3.8, 4) is 11.4 Å². The van der Waals surface area contributed by atoms with Gasteiger partial charge in [0.1, 0.15) is 0 Å². The van der Waals surface area contributed by atoms with Crippen LogP contribution in [0.5, 0.6) is 0 Å². The number of hydrogen-bond donors (Lipinski definition) is 2. The van der Waals surface area contributed by atoms with Crippen LogP contribution in [0.2, 0.25) is 0 Å². The first kappa shape index (κ1) is 18.7. The molecule has 0 unspecified atom stereocenters. The second-order valence-electron chi connectivity index (χ2n) is 6.54. The number of nitrogens with one attached hydrogen (secondary N) is 2. The van der Waals surface area contributed by atoms with E-state index in [4.69, 9.17) is 0 Å². The van der Waals surface area contributed by atoms with Gasteiger partial charge in [-0.3, -0.25) is 9.89 Å². The molecule has 2 N–H and O–H groups in total. The number of benzene rings is 2. The van der Waals surface area contributed by atoms with Crippen LogP contribution in [0.4, 0.5) is 18.9 Å². The molecule has 2 aromatic carbocycles. The number of rotatable bonds is 4. The molecule has 0 radical (unpaired) electrons. The van der Waals surface area contributed by atoms with Gasteiger partial charge < -0.3 is 5.32 Å². The lowest BCUT2D eigenvalue weighted by atomic mass is 10.1. The Hall–Kier alpha value is -3.62. The number of aromatic amines is 1. The average Bonchev–Trinajstić information content (AvgIpc) is 3.11. The number of aromatic nitrogens is 4. The van der Waals surface area contributed by atoms with Crippen molar-refractivity contribution < 1.29 is 13.2 Å². The molecule has 0 amide bonds. The van der Waals surface area contributed by atoms with E-state index in [0.29, 0.717) is 11.5 Å². The third kappa shape index (κ3) is 3.84. The van der Waals surface area contributed by atoms with E-state index in [1.165, 1.54) is 22.7 Å². The molecule has 0 aliphatic heterocycles. The third-order valence-corrected chi connectivity index (χ3v) is 4.45. The molecule has 0 atom stereocenters. The maximum absolute atomic E-state index is 12.8. The molecule has 4 rings (SSSR count). The van der Waals surface area contributed by atoms with Crippen molar-refractivity contribution in [2.24, 2.45) is 0 Å². The van der Waals surface area contributed by atoms with Crippen LogP contribution >= 0.6 is 0 Å². The summed E-state index contributed by atoms with van der Waals surface area (Å²) in [6.07, 6.45) is -4.42. The normalized spacial score (nSPS) is 11.7. The molecule has 0 saturated heterocycles. The number of halogens is 3. The highest BCUT2D eigenvalue weighted by molar-refractivity contribution is 5.61. The molecule has 0 saturated carbocycles. The zero-order valence-electron chi connectivity index (χ0n) is 15.3. The van der Waals surface area contributed by atoms with Gasteiger partial charge in [-0.25, -0.2) is 4.98 Å². The molecule has 2 heterocycles. The van der Waals surface area contributed by atoms with Crippen LogP contribution < -0.4 is 10.9 Å². The molecule has 0 aliphatic carbocycles. The molecule has 0 bridgehead atoms. The van der Waals surface area contributed by atoms with Crippen LogP contribution in [0.25, 0.3) is 17.2 Å². The summed E-state index contributed by atoms with van der Waals surface area (Å²) in [5.74, 6) is 0.701. The molecule has 4 aromatic rings. The predicted octanol–water partition coefficient (Wildman–Crippen LogP) is 4.02. The van der Waals surface area contributed by atoms with Gasteiger partial charge in [0.05, 0.1) is 17.8 Å². The lowest BCUT2D eigenvalue weighted by Crippen LogP contribution is -2.17. The highest BCUT2D eigenvalue weighted by Gasteiger charge is 2.30. The average molecular weight is 399 g/mol. The minimum Gasteiger partial charge on any atom is -0.379 e. The van der Waals surface area contributed by atoms with E-state index in [1.54, 1.807) is 0 Å². The topological polar surface area (TPSA) is 75.1 Å². The van der Waals surface area contributed by atoms with Crippen molar-refractivity contribution in [1.82, 2.24) is 19.6 Å². The van der Waals surface area contributed by atoms with Gasteiger partial charge in [-0.2, -0.15) is 22.7 Å². The maximum atomic E-state index is 12.8. The Kier molecular flexibility index (Phi) is 4.57. The Bertz CT molecular complexity index is 1240. The smallest absolute Gasteiger partial charge is 0.379 e. The van der Waals surface area contributed by atoms with E-state index in [-0.39, 0.29) is 23.6 Å². The van der Waals surface area contributed by atoms with Crippen LogP contribution in [-0.4, -0.2) is 19.6 Å². The first-order valence-corrected chi connectivity index (χ1v) is 8.77. The van der Waals surface area contributed by atoms with Gasteiger partial charge in [-0.1, -0.05) is 30.3 Å². The first-order valence-electron chi connectivity index (χ1n) is 8.77. The molecule has 0 fully saturated rings. The van der Waals surface area contributed by atoms with Crippen LogP contribution in [-0.2, 0) is 12.7 Å². The summed E-state index contributed by atoms with van der Waals surface area (Å²) in [5.41, 5.74) is 1.39. The molecular weight excluding hydrogens is 383 g/mol. The number of alkyl halides is 3. The number of hydrogen-bond acceptors (Lipinski definition) is 4. The molecule has 6 nitrogen and oxygen atoms in total. The number of nitrogens with zero attached hydrogens (tertiary/aromatic N) is 3. The minimum absolute atomic E-state index is 0.0829. The number of H-pyrrole nitrogens is 1. The lowest BCUT2D eigenvalue weighted by molar-refractivity contribution is -0.137. The van der Waals surface area contributed by atoms with Gasteiger partial charge in [0, 0.05) is 17.3 Å². The fourth-order valence-corrected chi connectivity index (χ4v) is 2.98. The summed E-state index contributed by atoms with van der Waals surface area (Å²) in [5, 5.41) is 5.80. The molecular formula is C20H16F3N5O. The molecule has 0 spiro atoms. The van der Waals surface area contributed by atoms with Crippen molar-refractivity contribution in [1.29, 1.82) is 0 Å². The van der Waals surface area contributed by atoms with Crippen LogP contribution in [0.3, 0.4) is 0 Å². The van der Waals surface area contributed by atoms with Gasteiger partial charge in [0.2, 0.25) is 0 Å². The second-order valence-corrected chi connectivity index (χ2v) is 6.54. The standard InChI is InChI=1S/C20H16F3N5O/c1-12-5-2-3-8-16(12)18-26-19-25-15(10-17(29)28(19)27-18)11-24-14-7-4-6-13(9-14)20(21,22)23/h2-10,24H,11H2,1H3,(H,25,26,27). The Morgan fingerprint density at radius 3 is 2.62 bits per heavy atom. The molecule has 0 aliphatic rings. The fourth-order valence-electron chi connectivity index (χ4n) is 2.98. The number of aryl methyl sites for hydroxylation is 1. The quantitative estimate of drug-likeness (QED) is 0.544. The summed E-state index contributed by atoms with van der Waals surface area (Å²) in [7, 11) is 0. The van der Waals surface area contributed by atoms with Crippen molar-refractivity contribution in [2.45, 2.75) is 19.6 Å². The summed E-state index contributed by atoms with van der Waals surface area (Å²) in [4.78, 5) is 21.1. The third-order valence-electron chi connectivity index (χ3n) is 4.45. The Morgan fingerprint density at radius 2 is 1.86 bits per heavy atom. The van der Waals surface area contributed by atoms with E-state index < -0.39 is 11.7 Å². The monoisotopic (exact) mass is 399 g/mol. The zero-order chi connectivity index (χ0) is 20.6. The Balaban J connectivity index is 1.61. The fraction of sp³-hybridized carbons (Fsp3) is 0.150.